The molecule has 15 heavy (non-hydrogen) atoms. The highest BCUT2D eigenvalue weighted by atomic mass is 35.5. The van der Waals surface area contributed by atoms with E-state index >= 15 is 0 Å². The van der Waals surface area contributed by atoms with Crippen LogP contribution >= 0.6 is 35.0 Å². The molecule has 2 rings (SSSR count). The molecule has 0 N–H and O–H groups in total. The number of aromatic nitrogens is 5. The van der Waals surface area contributed by atoms with Gasteiger partial charge < -0.3 is 0 Å². The molecule has 0 amide bonds. The second-order valence-electron chi connectivity index (χ2n) is 2.59. The minimum absolute atomic E-state index is 0.295. The van der Waals surface area contributed by atoms with Crippen molar-refractivity contribution in [3.8, 4) is 0 Å². The van der Waals surface area contributed by atoms with Crippen molar-refractivity contribution >= 4 is 35.0 Å². The van der Waals surface area contributed by atoms with Crippen molar-refractivity contribution < 1.29 is 0 Å². The molecule has 0 spiro atoms. The molecule has 0 aliphatic heterocycles. The lowest BCUT2D eigenvalue weighted by Gasteiger charge is -2.01. The Morgan fingerprint density at radius 2 is 2.13 bits per heavy atom. The quantitative estimate of drug-likeness (QED) is 0.829. The van der Waals surface area contributed by atoms with Gasteiger partial charge in [0, 0.05) is 7.05 Å². The summed E-state index contributed by atoms with van der Waals surface area (Å²) in [6, 6.07) is 1.64. The minimum Gasteiger partial charge on any atom is -0.244 e. The highest BCUT2D eigenvalue weighted by molar-refractivity contribution is 7.99. The third-order valence-electron chi connectivity index (χ3n) is 1.56. The number of nitrogens with zero attached hydrogens (tertiary/aromatic N) is 5. The molecule has 0 aliphatic carbocycles. The van der Waals surface area contributed by atoms with Crippen LogP contribution in [0, 0.1) is 0 Å². The van der Waals surface area contributed by atoms with Crippen LogP contribution in [0.3, 0.4) is 0 Å². The fourth-order valence-electron chi connectivity index (χ4n) is 0.885. The fraction of sp³-hybridized carbons (Fsp3) is 0.143. The zero-order chi connectivity index (χ0) is 10.8. The maximum absolute atomic E-state index is 5.85. The second-order valence-corrected chi connectivity index (χ2v) is 4.34. The Bertz CT molecular complexity index is 486. The van der Waals surface area contributed by atoms with E-state index in [0.717, 1.165) is 0 Å². The van der Waals surface area contributed by atoms with E-state index in [4.69, 9.17) is 23.2 Å². The summed E-state index contributed by atoms with van der Waals surface area (Å²) in [5, 5.41) is 12.6. The maximum atomic E-state index is 5.85. The van der Waals surface area contributed by atoms with E-state index in [1.54, 1.807) is 17.8 Å². The van der Waals surface area contributed by atoms with Crippen LogP contribution in [0.5, 0.6) is 0 Å². The fourth-order valence-corrected chi connectivity index (χ4v) is 2.08. The highest BCUT2D eigenvalue weighted by Gasteiger charge is 2.09. The van der Waals surface area contributed by atoms with Crippen molar-refractivity contribution in [1.29, 1.82) is 0 Å². The van der Waals surface area contributed by atoms with Crippen molar-refractivity contribution in [2.24, 2.45) is 7.05 Å². The number of halogens is 2. The van der Waals surface area contributed by atoms with Gasteiger partial charge in [-0.1, -0.05) is 23.2 Å². The van der Waals surface area contributed by atoms with E-state index in [-0.39, 0.29) is 0 Å². The van der Waals surface area contributed by atoms with Gasteiger partial charge in [0.2, 0.25) is 0 Å². The molecule has 0 aliphatic rings. The summed E-state index contributed by atoms with van der Waals surface area (Å²) < 4.78 is 1.63. The summed E-state index contributed by atoms with van der Waals surface area (Å²) in [6.45, 7) is 0. The first kappa shape index (κ1) is 10.7. The van der Waals surface area contributed by atoms with Crippen LogP contribution < -0.4 is 0 Å². The van der Waals surface area contributed by atoms with Gasteiger partial charge in [0.05, 0.1) is 4.90 Å². The van der Waals surface area contributed by atoms with Crippen molar-refractivity contribution in [1.82, 2.24) is 25.0 Å². The average molecular weight is 262 g/mol. The molecule has 0 atom stereocenters. The lowest BCUT2D eigenvalue weighted by Crippen LogP contribution is -1.93. The maximum Gasteiger partial charge on any atom is 0.190 e. The molecule has 0 saturated carbocycles. The Kier molecular flexibility index (Phi) is 3.08. The predicted octanol–water partition coefficient (Wildman–Crippen LogP) is 2.06. The van der Waals surface area contributed by atoms with Crippen LogP contribution in [0.1, 0.15) is 0 Å². The van der Waals surface area contributed by atoms with Gasteiger partial charge in [0.1, 0.15) is 6.33 Å². The van der Waals surface area contributed by atoms with Gasteiger partial charge in [-0.3, -0.25) is 0 Å². The molecular formula is C7H5Cl2N5S. The minimum atomic E-state index is 0.295. The molecule has 0 aromatic carbocycles. The zero-order valence-electron chi connectivity index (χ0n) is 7.55. The molecule has 2 aromatic heterocycles. The number of hydrogen-bond acceptors (Lipinski definition) is 5. The Morgan fingerprint density at radius 3 is 2.80 bits per heavy atom. The van der Waals surface area contributed by atoms with Crippen LogP contribution in [-0.2, 0) is 7.05 Å². The summed E-state index contributed by atoms with van der Waals surface area (Å²) >= 11 is 12.9. The van der Waals surface area contributed by atoms with E-state index in [1.165, 1.54) is 18.1 Å². The van der Waals surface area contributed by atoms with Gasteiger partial charge in [-0.2, -0.15) is 5.10 Å². The molecule has 2 heterocycles. The Balaban J connectivity index is 2.32. The first-order valence-corrected chi connectivity index (χ1v) is 5.44. The smallest absolute Gasteiger partial charge is 0.190 e. The van der Waals surface area contributed by atoms with Gasteiger partial charge in [-0.15, -0.1) is 10.2 Å². The van der Waals surface area contributed by atoms with E-state index in [2.05, 4.69) is 20.3 Å². The second kappa shape index (κ2) is 4.34. The number of rotatable bonds is 2. The Labute approximate surface area is 99.8 Å². The van der Waals surface area contributed by atoms with Crippen LogP contribution in [0.4, 0.5) is 0 Å². The topological polar surface area (TPSA) is 56.5 Å². The molecule has 5 nitrogen and oxygen atoms in total. The van der Waals surface area contributed by atoms with E-state index in [1.807, 2.05) is 0 Å². The third kappa shape index (κ3) is 2.39. The molecule has 2 aromatic rings. The number of aryl methyl sites for hydroxylation is 1. The van der Waals surface area contributed by atoms with Crippen molar-refractivity contribution in [2.45, 2.75) is 10.1 Å². The van der Waals surface area contributed by atoms with Gasteiger partial charge in [-0.05, 0) is 17.8 Å². The molecule has 0 unspecified atom stereocenters. The number of hydrogen-bond donors (Lipinski definition) is 0. The van der Waals surface area contributed by atoms with Gasteiger partial charge in [-0.25, -0.2) is 9.67 Å². The third-order valence-corrected chi connectivity index (χ3v) is 3.22. The first-order chi connectivity index (χ1) is 7.16. The SMILES string of the molecule is Cn1ncnc1Sc1cc(Cl)nnc1Cl. The highest BCUT2D eigenvalue weighted by Crippen LogP contribution is 2.31. The standard InChI is InChI=1S/C7H5Cl2N5S/c1-14-7(10-3-11-14)15-4-2-5(8)12-13-6(4)9/h2-3H,1H3. The average Bonchev–Trinajstić information content (AvgIpc) is 2.58. The van der Waals surface area contributed by atoms with Crippen LogP contribution in [0.25, 0.3) is 0 Å². The van der Waals surface area contributed by atoms with Crippen molar-refractivity contribution in [3.05, 3.63) is 22.7 Å². The van der Waals surface area contributed by atoms with Crippen molar-refractivity contribution in [2.75, 3.05) is 0 Å². The molecular weight excluding hydrogens is 257 g/mol. The summed E-state index contributed by atoms with van der Waals surface area (Å²) in [4.78, 5) is 4.75. The monoisotopic (exact) mass is 261 g/mol. The van der Waals surface area contributed by atoms with Crippen LogP contribution in [-0.4, -0.2) is 25.0 Å². The molecule has 0 fully saturated rings. The lowest BCUT2D eigenvalue weighted by atomic mass is 10.6. The largest absolute Gasteiger partial charge is 0.244 e. The molecule has 78 valence electrons. The predicted molar refractivity (Wildman–Crippen MR) is 57.2 cm³/mol. The summed E-state index contributed by atoms with van der Waals surface area (Å²) in [7, 11) is 1.79. The normalized spacial score (nSPS) is 10.6. The van der Waals surface area contributed by atoms with Crippen LogP contribution in [0.15, 0.2) is 22.4 Å². The summed E-state index contributed by atoms with van der Waals surface area (Å²) in [6.07, 6.45) is 1.46. The van der Waals surface area contributed by atoms with E-state index in [9.17, 15) is 0 Å². The molecule has 0 bridgehead atoms. The Hall–Kier alpha value is -0.850. The molecule has 0 radical (unpaired) electrons. The summed E-state index contributed by atoms with van der Waals surface area (Å²) in [5.41, 5.74) is 0. The van der Waals surface area contributed by atoms with Gasteiger partial charge >= 0.3 is 0 Å². The molecule has 8 heteroatoms. The van der Waals surface area contributed by atoms with E-state index < -0.39 is 0 Å². The first-order valence-electron chi connectivity index (χ1n) is 3.87. The molecule has 0 saturated heterocycles. The van der Waals surface area contributed by atoms with Crippen molar-refractivity contribution in [3.63, 3.8) is 0 Å². The van der Waals surface area contributed by atoms with E-state index in [0.29, 0.717) is 20.4 Å². The van der Waals surface area contributed by atoms with Crippen LogP contribution in [0.2, 0.25) is 10.3 Å². The Morgan fingerprint density at radius 1 is 1.33 bits per heavy atom. The lowest BCUT2D eigenvalue weighted by molar-refractivity contribution is 0.685. The summed E-state index contributed by atoms with van der Waals surface area (Å²) in [5.74, 6) is 0. The van der Waals surface area contributed by atoms with Gasteiger partial charge in [0.15, 0.2) is 15.5 Å². The van der Waals surface area contributed by atoms with Gasteiger partial charge in [0.25, 0.3) is 0 Å². The zero-order valence-corrected chi connectivity index (χ0v) is 9.88.